The molecule has 2 bridgehead atoms. The van der Waals surface area contributed by atoms with E-state index in [2.05, 4.69) is 39.0 Å². The fourth-order valence-electron chi connectivity index (χ4n) is 3.29. The van der Waals surface area contributed by atoms with Crippen LogP contribution in [0.25, 0.3) is 0 Å². The van der Waals surface area contributed by atoms with Gasteiger partial charge in [-0.1, -0.05) is 0 Å². The van der Waals surface area contributed by atoms with Crippen molar-refractivity contribution in [1.82, 2.24) is 0 Å². The number of hydrogen-bond acceptors (Lipinski definition) is 2. The molecule has 0 aliphatic carbocycles. The lowest BCUT2D eigenvalue weighted by atomic mass is 10.0. The number of nitriles is 1. The van der Waals surface area contributed by atoms with Crippen LogP contribution in [0.4, 0.5) is 5.69 Å². The fraction of sp³-hybridized carbons (Fsp3) is 0.500. The van der Waals surface area contributed by atoms with Crippen LogP contribution in [0.2, 0.25) is 0 Å². The Morgan fingerprint density at radius 3 is 2.47 bits per heavy atom. The smallest absolute Gasteiger partial charge is 0.100 e. The van der Waals surface area contributed by atoms with Crippen LogP contribution in [0, 0.1) is 11.3 Å². The monoisotopic (exact) mass is 290 g/mol. The van der Waals surface area contributed by atoms with Gasteiger partial charge in [0.2, 0.25) is 0 Å². The molecule has 88 valence electrons. The lowest BCUT2D eigenvalue weighted by molar-refractivity contribution is 0.468. The Morgan fingerprint density at radius 1 is 1.18 bits per heavy atom. The molecular weight excluding hydrogens is 276 g/mol. The standard InChI is InChI=1S/C14H15BrN2/c15-14-8-13(5-4-10(14)9-16)17-11-2-1-3-12(17)7-6-11/h4-5,8,11-12H,1-3,6-7H2/t11-,12+. The summed E-state index contributed by atoms with van der Waals surface area (Å²) in [6.45, 7) is 0. The van der Waals surface area contributed by atoms with E-state index in [4.69, 9.17) is 5.26 Å². The van der Waals surface area contributed by atoms with Crippen LogP contribution in [-0.2, 0) is 0 Å². The second kappa shape index (κ2) is 4.34. The first-order valence-electron chi connectivity index (χ1n) is 6.27. The van der Waals surface area contributed by atoms with Gasteiger partial charge in [-0.05, 0) is 66.2 Å². The van der Waals surface area contributed by atoms with E-state index in [1.807, 2.05) is 6.07 Å². The zero-order valence-electron chi connectivity index (χ0n) is 9.69. The summed E-state index contributed by atoms with van der Waals surface area (Å²) in [5, 5.41) is 8.94. The lowest BCUT2D eigenvalue weighted by Crippen LogP contribution is -2.39. The van der Waals surface area contributed by atoms with Crippen molar-refractivity contribution in [1.29, 1.82) is 5.26 Å². The molecule has 2 aliphatic heterocycles. The Bertz CT molecular complexity index is 462. The first-order valence-corrected chi connectivity index (χ1v) is 7.07. The van der Waals surface area contributed by atoms with E-state index in [1.165, 1.54) is 37.8 Å². The minimum Gasteiger partial charge on any atom is -0.366 e. The Balaban J connectivity index is 1.95. The number of fused-ring (bicyclic) bond motifs is 2. The molecule has 2 heterocycles. The molecule has 1 aromatic rings. The summed E-state index contributed by atoms with van der Waals surface area (Å²) < 4.78 is 0.919. The Morgan fingerprint density at radius 2 is 1.88 bits per heavy atom. The average molecular weight is 291 g/mol. The third-order valence-electron chi connectivity index (χ3n) is 4.07. The molecule has 2 nitrogen and oxygen atoms in total. The van der Waals surface area contributed by atoms with Gasteiger partial charge in [0.15, 0.2) is 0 Å². The van der Waals surface area contributed by atoms with Crippen LogP contribution in [0.15, 0.2) is 22.7 Å². The van der Waals surface area contributed by atoms with E-state index in [1.54, 1.807) is 0 Å². The zero-order valence-corrected chi connectivity index (χ0v) is 11.3. The molecule has 0 saturated carbocycles. The van der Waals surface area contributed by atoms with Gasteiger partial charge in [0.05, 0.1) is 5.56 Å². The summed E-state index contributed by atoms with van der Waals surface area (Å²) in [6, 6.07) is 9.79. The minimum absolute atomic E-state index is 0.720. The summed E-state index contributed by atoms with van der Waals surface area (Å²) in [7, 11) is 0. The second-order valence-corrected chi connectivity index (χ2v) is 5.85. The SMILES string of the molecule is N#Cc1ccc(N2[C@@H]3CCC[C@H]2CC3)cc1Br. The normalized spacial score (nSPS) is 26.9. The van der Waals surface area contributed by atoms with Crippen LogP contribution >= 0.6 is 15.9 Å². The van der Waals surface area contributed by atoms with Crippen molar-refractivity contribution >= 4 is 21.6 Å². The van der Waals surface area contributed by atoms with Crippen molar-refractivity contribution in [2.45, 2.75) is 44.2 Å². The van der Waals surface area contributed by atoms with Crippen molar-refractivity contribution in [3.63, 3.8) is 0 Å². The molecule has 17 heavy (non-hydrogen) atoms. The molecule has 1 aromatic carbocycles. The first kappa shape index (κ1) is 11.1. The molecule has 0 unspecified atom stereocenters. The number of piperidine rings is 1. The van der Waals surface area contributed by atoms with Crippen molar-refractivity contribution in [2.75, 3.05) is 4.90 Å². The highest BCUT2D eigenvalue weighted by atomic mass is 79.9. The summed E-state index contributed by atoms with van der Waals surface area (Å²) >= 11 is 3.49. The van der Waals surface area contributed by atoms with Gasteiger partial charge in [-0.25, -0.2) is 0 Å². The number of rotatable bonds is 1. The van der Waals surface area contributed by atoms with E-state index >= 15 is 0 Å². The van der Waals surface area contributed by atoms with Crippen molar-refractivity contribution in [3.05, 3.63) is 28.2 Å². The number of benzene rings is 1. The maximum Gasteiger partial charge on any atom is 0.100 e. The highest BCUT2D eigenvalue weighted by molar-refractivity contribution is 9.10. The number of nitrogens with zero attached hydrogens (tertiary/aromatic N) is 2. The summed E-state index contributed by atoms with van der Waals surface area (Å²) in [5.74, 6) is 0. The number of halogens is 1. The Labute approximate surface area is 110 Å². The fourth-order valence-corrected chi connectivity index (χ4v) is 3.75. The molecule has 2 atom stereocenters. The molecule has 0 aromatic heterocycles. The van der Waals surface area contributed by atoms with Crippen LogP contribution in [0.5, 0.6) is 0 Å². The second-order valence-electron chi connectivity index (χ2n) is 5.00. The van der Waals surface area contributed by atoms with Crippen LogP contribution in [-0.4, -0.2) is 12.1 Å². The minimum atomic E-state index is 0.720. The summed E-state index contributed by atoms with van der Waals surface area (Å²) in [5.41, 5.74) is 2.00. The van der Waals surface area contributed by atoms with E-state index in [9.17, 15) is 0 Å². The molecule has 2 fully saturated rings. The average Bonchev–Trinajstić information content (AvgIpc) is 2.59. The van der Waals surface area contributed by atoms with Gasteiger partial charge in [-0.2, -0.15) is 5.26 Å². The number of hydrogen-bond donors (Lipinski definition) is 0. The highest BCUT2D eigenvalue weighted by Gasteiger charge is 2.36. The molecule has 3 heteroatoms. The molecule has 2 aliphatic rings. The summed E-state index contributed by atoms with van der Waals surface area (Å²) in [4.78, 5) is 2.58. The van der Waals surface area contributed by atoms with Crippen LogP contribution < -0.4 is 4.90 Å². The molecule has 0 spiro atoms. The molecule has 3 rings (SSSR count). The first-order chi connectivity index (χ1) is 8.29. The Hall–Kier alpha value is -1.01. The third-order valence-corrected chi connectivity index (χ3v) is 4.72. The quantitative estimate of drug-likeness (QED) is 0.786. The Kier molecular flexibility index (Phi) is 2.84. The van der Waals surface area contributed by atoms with Crippen LogP contribution in [0.1, 0.15) is 37.7 Å². The maximum absolute atomic E-state index is 8.94. The molecule has 0 radical (unpaired) electrons. The molecule has 0 amide bonds. The molecule has 0 N–H and O–H groups in total. The van der Waals surface area contributed by atoms with Crippen molar-refractivity contribution in [2.24, 2.45) is 0 Å². The van der Waals surface area contributed by atoms with Crippen LogP contribution in [0.3, 0.4) is 0 Å². The predicted octanol–water partition coefficient (Wildman–Crippen LogP) is 3.84. The van der Waals surface area contributed by atoms with E-state index in [0.717, 1.165) is 22.1 Å². The van der Waals surface area contributed by atoms with E-state index in [0.29, 0.717) is 0 Å². The molecular formula is C14H15BrN2. The van der Waals surface area contributed by atoms with Gasteiger partial charge in [0.25, 0.3) is 0 Å². The summed E-state index contributed by atoms with van der Waals surface area (Å²) in [6.07, 6.45) is 6.70. The topological polar surface area (TPSA) is 27.0 Å². The lowest BCUT2D eigenvalue weighted by Gasteiger charge is -2.37. The van der Waals surface area contributed by atoms with Gasteiger partial charge in [-0.3, -0.25) is 0 Å². The van der Waals surface area contributed by atoms with Crippen molar-refractivity contribution < 1.29 is 0 Å². The van der Waals surface area contributed by atoms with E-state index < -0.39 is 0 Å². The number of anilines is 1. The van der Waals surface area contributed by atoms with Crippen molar-refractivity contribution in [3.8, 4) is 6.07 Å². The van der Waals surface area contributed by atoms with E-state index in [-0.39, 0.29) is 0 Å². The third kappa shape index (κ3) is 1.85. The van der Waals surface area contributed by atoms with Gasteiger partial charge >= 0.3 is 0 Å². The van der Waals surface area contributed by atoms with Gasteiger partial charge < -0.3 is 4.90 Å². The molecule has 2 saturated heterocycles. The van der Waals surface area contributed by atoms with Gasteiger partial charge in [0, 0.05) is 22.2 Å². The predicted molar refractivity (Wildman–Crippen MR) is 72.0 cm³/mol. The van der Waals surface area contributed by atoms with Gasteiger partial charge in [-0.15, -0.1) is 0 Å². The zero-order chi connectivity index (χ0) is 11.8. The van der Waals surface area contributed by atoms with Gasteiger partial charge in [0.1, 0.15) is 6.07 Å². The maximum atomic E-state index is 8.94. The largest absolute Gasteiger partial charge is 0.366 e. The highest BCUT2D eigenvalue weighted by Crippen LogP contribution is 2.40.